The number of halogens is 1. The Bertz CT molecular complexity index is 467. The summed E-state index contributed by atoms with van der Waals surface area (Å²) in [7, 11) is 0. The smallest absolute Gasteiger partial charge is 0.224 e. The fourth-order valence-corrected chi connectivity index (χ4v) is 3.50. The van der Waals surface area contributed by atoms with E-state index < -0.39 is 0 Å². The predicted octanol–water partition coefficient (Wildman–Crippen LogP) is 3.39. The molecule has 1 aliphatic rings. The minimum Gasteiger partial charge on any atom is -0.508 e. The molecule has 110 valence electrons. The molecule has 0 saturated heterocycles. The minimum absolute atomic E-state index is 0.0320. The minimum atomic E-state index is -0.0968. The third-order valence-electron chi connectivity index (χ3n) is 4.17. The Morgan fingerprint density at radius 3 is 2.75 bits per heavy atom. The molecule has 1 aromatic carbocycles. The quantitative estimate of drug-likeness (QED) is 0.826. The summed E-state index contributed by atoms with van der Waals surface area (Å²) in [6.45, 7) is 2.27. The molecule has 0 aromatic heterocycles. The third kappa shape index (κ3) is 3.98. The highest BCUT2D eigenvalue weighted by atomic mass is 79.9. The third-order valence-corrected chi connectivity index (χ3v) is 5.24. The van der Waals surface area contributed by atoms with Crippen LogP contribution in [0.2, 0.25) is 0 Å². The van der Waals surface area contributed by atoms with Gasteiger partial charge in [-0.1, -0.05) is 35.0 Å². The van der Waals surface area contributed by atoms with Crippen molar-refractivity contribution in [2.75, 3.05) is 5.33 Å². The van der Waals surface area contributed by atoms with Crippen molar-refractivity contribution in [2.45, 2.75) is 44.6 Å². The summed E-state index contributed by atoms with van der Waals surface area (Å²) in [5.41, 5.74) is 0.747. The van der Waals surface area contributed by atoms with Crippen molar-refractivity contribution >= 4 is 21.8 Å². The van der Waals surface area contributed by atoms with Crippen molar-refractivity contribution in [1.29, 1.82) is 0 Å². The van der Waals surface area contributed by atoms with E-state index in [1.165, 1.54) is 0 Å². The van der Waals surface area contributed by atoms with Crippen LogP contribution in [0.5, 0.6) is 5.75 Å². The molecule has 3 nitrogen and oxygen atoms in total. The van der Waals surface area contributed by atoms with Crippen LogP contribution in [0.3, 0.4) is 0 Å². The maximum absolute atomic E-state index is 12.2. The van der Waals surface area contributed by atoms with E-state index in [0.29, 0.717) is 6.42 Å². The number of hydrogen-bond acceptors (Lipinski definition) is 2. The lowest BCUT2D eigenvalue weighted by molar-refractivity contribution is -0.122. The number of carbonyl (C=O) groups is 1. The molecule has 0 spiro atoms. The van der Waals surface area contributed by atoms with Gasteiger partial charge in [0.15, 0.2) is 0 Å². The van der Waals surface area contributed by atoms with E-state index in [2.05, 4.69) is 28.2 Å². The summed E-state index contributed by atoms with van der Waals surface area (Å²) in [5.74, 6) is 0.992. The zero-order valence-corrected chi connectivity index (χ0v) is 13.4. The highest BCUT2D eigenvalue weighted by Gasteiger charge is 2.34. The van der Waals surface area contributed by atoms with E-state index in [-0.39, 0.29) is 17.2 Å². The Kier molecular flexibility index (Phi) is 5.08. The summed E-state index contributed by atoms with van der Waals surface area (Å²) in [5, 5.41) is 13.4. The van der Waals surface area contributed by atoms with Crippen LogP contribution in [0.15, 0.2) is 24.3 Å². The van der Waals surface area contributed by atoms with Gasteiger partial charge in [-0.25, -0.2) is 0 Å². The molecular weight excluding hydrogens is 318 g/mol. The predicted molar refractivity (Wildman–Crippen MR) is 84.1 cm³/mol. The number of phenols is 1. The van der Waals surface area contributed by atoms with E-state index >= 15 is 0 Å². The van der Waals surface area contributed by atoms with Crippen molar-refractivity contribution in [3.8, 4) is 5.75 Å². The van der Waals surface area contributed by atoms with Crippen molar-refractivity contribution in [3.63, 3.8) is 0 Å². The Morgan fingerprint density at radius 1 is 1.45 bits per heavy atom. The molecule has 0 atom stereocenters. The molecule has 1 saturated carbocycles. The summed E-state index contributed by atoms with van der Waals surface area (Å²) in [6, 6.07) is 6.89. The summed E-state index contributed by atoms with van der Waals surface area (Å²) < 4.78 is 0. The topological polar surface area (TPSA) is 49.3 Å². The Balaban J connectivity index is 1.96. The van der Waals surface area contributed by atoms with Gasteiger partial charge in [-0.05, 0) is 49.3 Å². The molecule has 1 aromatic rings. The molecule has 1 amide bonds. The van der Waals surface area contributed by atoms with Gasteiger partial charge < -0.3 is 10.4 Å². The van der Waals surface area contributed by atoms with Crippen molar-refractivity contribution in [1.82, 2.24) is 5.32 Å². The van der Waals surface area contributed by atoms with E-state index in [9.17, 15) is 9.90 Å². The SMILES string of the molecule is CC1CCC(CBr)(NC(=O)Cc2cccc(O)c2)CC1. The van der Waals surface area contributed by atoms with E-state index in [1.807, 2.05) is 6.07 Å². The standard InChI is InChI=1S/C16H22BrNO2/c1-12-5-7-16(11-17,8-6-12)18-15(20)10-13-3-2-4-14(19)9-13/h2-4,9,12,19H,5-8,10-11H2,1H3,(H,18,20). The number of alkyl halides is 1. The van der Waals surface area contributed by atoms with Gasteiger partial charge in [0.2, 0.25) is 5.91 Å². The van der Waals surface area contributed by atoms with Crippen molar-refractivity contribution in [3.05, 3.63) is 29.8 Å². The van der Waals surface area contributed by atoms with E-state index in [0.717, 1.165) is 42.5 Å². The van der Waals surface area contributed by atoms with Gasteiger partial charge in [0.25, 0.3) is 0 Å². The maximum Gasteiger partial charge on any atom is 0.224 e. The molecule has 4 heteroatoms. The maximum atomic E-state index is 12.2. The number of amides is 1. The molecule has 1 aliphatic carbocycles. The van der Waals surface area contributed by atoms with Crippen LogP contribution in [0.4, 0.5) is 0 Å². The second-order valence-corrected chi connectivity index (χ2v) is 6.55. The lowest BCUT2D eigenvalue weighted by Gasteiger charge is -2.39. The molecule has 2 rings (SSSR count). The van der Waals surface area contributed by atoms with Gasteiger partial charge in [0.05, 0.1) is 6.42 Å². The molecule has 0 unspecified atom stereocenters. The number of phenolic OH excluding ortho intramolecular Hbond substituents is 1. The van der Waals surface area contributed by atoms with Gasteiger partial charge in [-0.15, -0.1) is 0 Å². The van der Waals surface area contributed by atoms with Crippen LogP contribution in [-0.2, 0) is 11.2 Å². The van der Waals surface area contributed by atoms with Crippen LogP contribution in [-0.4, -0.2) is 21.9 Å². The molecular formula is C16H22BrNO2. The highest BCUT2D eigenvalue weighted by Crippen LogP contribution is 2.33. The molecule has 0 bridgehead atoms. The highest BCUT2D eigenvalue weighted by molar-refractivity contribution is 9.09. The summed E-state index contributed by atoms with van der Waals surface area (Å²) in [4.78, 5) is 12.2. The van der Waals surface area contributed by atoms with E-state index in [1.54, 1.807) is 18.2 Å². The Hall–Kier alpha value is -1.03. The van der Waals surface area contributed by atoms with Crippen LogP contribution in [0.1, 0.15) is 38.2 Å². The van der Waals surface area contributed by atoms with Gasteiger partial charge in [-0.2, -0.15) is 0 Å². The molecule has 0 heterocycles. The molecule has 0 aliphatic heterocycles. The summed E-state index contributed by atoms with van der Waals surface area (Å²) in [6.07, 6.45) is 4.71. The zero-order valence-electron chi connectivity index (χ0n) is 11.9. The monoisotopic (exact) mass is 339 g/mol. The van der Waals surface area contributed by atoms with Crippen LogP contribution in [0, 0.1) is 5.92 Å². The van der Waals surface area contributed by atoms with Crippen molar-refractivity contribution in [2.24, 2.45) is 5.92 Å². The van der Waals surface area contributed by atoms with Crippen LogP contribution in [0.25, 0.3) is 0 Å². The number of benzene rings is 1. The largest absolute Gasteiger partial charge is 0.508 e. The second kappa shape index (κ2) is 6.61. The molecule has 1 fully saturated rings. The van der Waals surface area contributed by atoms with Gasteiger partial charge in [0, 0.05) is 10.9 Å². The molecule has 2 N–H and O–H groups in total. The first-order valence-electron chi connectivity index (χ1n) is 7.18. The van der Waals surface area contributed by atoms with Gasteiger partial charge in [-0.3, -0.25) is 4.79 Å². The summed E-state index contributed by atoms with van der Waals surface area (Å²) >= 11 is 3.56. The normalized spacial score (nSPS) is 26.2. The second-order valence-electron chi connectivity index (χ2n) is 5.99. The van der Waals surface area contributed by atoms with E-state index in [4.69, 9.17) is 0 Å². The number of carbonyl (C=O) groups excluding carboxylic acids is 1. The molecule has 0 radical (unpaired) electrons. The number of rotatable bonds is 4. The Labute approximate surface area is 128 Å². The first kappa shape index (κ1) is 15.4. The fourth-order valence-electron chi connectivity index (χ4n) is 2.80. The van der Waals surface area contributed by atoms with Gasteiger partial charge >= 0.3 is 0 Å². The molecule has 20 heavy (non-hydrogen) atoms. The zero-order chi connectivity index (χ0) is 14.6. The lowest BCUT2D eigenvalue weighted by Crippen LogP contribution is -2.52. The number of nitrogens with one attached hydrogen (secondary N) is 1. The van der Waals surface area contributed by atoms with Gasteiger partial charge in [0.1, 0.15) is 5.75 Å². The number of hydrogen-bond donors (Lipinski definition) is 2. The van der Waals surface area contributed by atoms with Crippen LogP contribution >= 0.6 is 15.9 Å². The first-order valence-corrected chi connectivity index (χ1v) is 8.30. The number of aromatic hydroxyl groups is 1. The average molecular weight is 340 g/mol. The first-order chi connectivity index (χ1) is 9.53. The van der Waals surface area contributed by atoms with Crippen molar-refractivity contribution < 1.29 is 9.90 Å². The van der Waals surface area contributed by atoms with Crippen LogP contribution < -0.4 is 5.32 Å². The lowest BCUT2D eigenvalue weighted by atomic mass is 9.78. The Morgan fingerprint density at radius 2 is 2.15 bits per heavy atom. The average Bonchev–Trinajstić information content (AvgIpc) is 2.41. The fraction of sp³-hybridized carbons (Fsp3) is 0.562.